The van der Waals surface area contributed by atoms with E-state index in [1.165, 1.54) is 17.0 Å². The normalized spacial score (nSPS) is 15.5. The SMILES string of the molecule is O=C1SC(=S)N(c2ccc(Oc3ccccc3)cc2)C(=O)/C1=C/c1c(O)cccc1Cl. The maximum absolute atomic E-state index is 13.1. The highest BCUT2D eigenvalue weighted by Crippen LogP contribution is 2.35. The Balaban J connectivity index is 1.63. The number of thiocarbonyl (C=S) groups is 1. The summed E-state index contributed by atoms with van der Waals surface area (Å²) < 4.78 is 5.89. The lowest BCUT2D eigenvalue weighted by Crippen LogP contribution is -2.41. The second kappa shape index (κ2) is 8.93. The van der Waals surface area contributed by atoms with Crippen LogP contribution in [0.25, 0.3) is 6.08 Å². The molecule has 0 radical (unpaired) electrons. The van der Waals surface area contributed by atoms with E-state index in [2.05, 4.69) is 0 Å². The number of rotatable bonds is 4. The van der Waals surface area contributed by atoms with Gasteiger partial charge in [0, 0.05) is 5.56 Å². The predicted octanol–water partition coefficient (Wildman–Crippen LogP) is 5.81. The van der Waals surface area contributed by atoms with Crippen LogP contribution in [-0.4, -0.2) is 20.4 Å². The Labute approximate surface area is 192 Å². The molecule has 1 aliphatic heterocycles. The molecular formula is C23H14ClNO4S2. The van der Waals surface area contributed by atoms with Gasteiger partial charge in [0.05, 0.1) is 16.3 Å². The van der Waals surface area contributed by atoms with E-state index in [-0.39, 0.29) is 26.2 Å². The zero-order valence-corrected chi connectivity index (χ0v) is 18.2. The summed E-state index contributed by atoms with van der Waals surface area (Å²) in [6.07, 6.45) is 1.29. The number of amides is 1. The van der Waals surface area contributed by atoms with Crippen molar-refractivity contribution in [2.75, 3.05) is 4.90 Å². The van der Waals surface area contributed by atoms with Crippen LogP contribution in [-0.2, 0) is 9.59 Å². The number of carbonyl (C=O) groups is 2. The third-order valence-electron chi connectivity index (χ3n) is 4.41. The Bertz CT molecular complexity index is 1190. The van der Waals surface area contributed by atoms with Gasteiger partial charge >= 0.3 is 0 Å². The Morgan fingerprint density at radius 2 is 1.61 bits per heavy atom. The summed E-state index contributed by atoms with van der Waals surface area (Å²) in [4.78, 5) is 26.9. The molecule has 1 N–H and O–H groups in total. The van der Waals surface area contributed by atoms with Crippen molar-refractivity contribution >= 4 is 62.7 Å². The molecule has 1 saturated heterocycles. The summed E-state index contributed by atoms with van der Waals surface area (Å²) in [5, 5.41) is 9.79. The number of halogens is 1. The summed E-state index contributed by atoms with van der Waals surface area (Å²) >= 11 is 12.2. The van der Waals surface area contributed by atoms with Crippen LogP contribution in [0.1, 0.15) is 5.56 Å². The van der Waals surface area contributed by atoms with Gasteiger partial charge in [0.15, 0.2) is 4.32 Å². The molecule has 3 aromatic carbocycles. The van der Waals surface area contributed by atoms with Crippen LogP contribution in [0.5, 0.6) is 17.2 Å². The van der Waals surface area contributed by atoms with Gasteiger partial charge in [-0.25, -0.2) is 0 Å². The predicted molar refractivity (Wildman–Crippen MR) is 127 cm³/mol. The van der Waals surface area contributed by atoms with Gasteiger partial charge in [0.1, 0.15) is 17.2 Å². The molecule has 1 amide bonds. The molecule has 4 rings (SSSR count). The zero-order valence-electron chi connectivity index (χ0n) is 15.8. The fourth-order valence-corrected chi connectivity index (χ4v) is 4.25. The van der Waals surface area contributed by atoms with E-state index in [0.29, 0.717) is 17.2 Å². The van der Waals surface area contributed by atoms with E-state index >= 15 is 0 Å². The van der Waals surface area contributed by atoms with Gasteiger partial charge in [-0.3, -0.25) is 14.5 Å². The molecule has 1 fully saturated rings. The van der Waals surface area contributed by atoms with Crippen LogP contribution < -0.4 is 9.64 Å². The van der Waals surface area contributed by atoms with Crippen molar-refractivity contribution in [3.05, 3.63) is 89.0 Å². The summed E-state index contributed by atoms with van der Waals surface area (Å²) in [6, 6.07) is 20.6. The molecule has 1 heterocycles. The first-order chi connectivity index (χ1) is 14.9. The monoisotopic (exact) mass is 467 g/mol. The third kappa shape index (κ3) is 4.49. The molecule has 3 aromatic rings. The van der Waals surface area contributed by atoms with E-state index in [1.807, 2.05) is 30.3 Å². The lowest BCUT2D eigenvalue weighted by atomic mass is 10.1. The molecule has 0 saturated carbocycles. The summed E-state index contributed by atoms with van der Waals surface area (Å²) in [7, 11) is 0. The van der Waals surface area contributed by atoms with Crippen molar-refractivity contribution in [3.8, 4) is 17.2 Å². The Morgan fingerprint density at radius 1 is 0.935 bits per heavy atom. The smallest absolute Gasteiger partial charge is 0.268 e. The first kappa shape index (κ1) is 21.1. The highest BCUT2D eigenvalue weighted by molar-refractivity contribution is 8.33. The lowest BCUT2D eigenvalue weighted by Gasteiger charge is -2.27. The van der Waals surface area contributed by atoms with Gasteiger partial charge in [-0.2, -0.15) is 0 Å². The molecule has 0 spiro atoms. The standard InChI is InChI=1S/C23H14ClNO4S2/c24-19-7-4-8-20(26)17(19)13-18-21(27)25(23(30)31-22(18)28)14-9-11-16(12-10-14)29-15-5-2-1-3-6-15/h1-13,26H/b18-13-. The molecular weight excluding hydrogens is 454 g/mol. The van der Waals surface area contributed by atoms with Crippen LogP contribution in [0.2, 0.25) is 5.02 Å². The van der Waals surface area contributed by atoms with Gasteiger partial charge in [-0.05, 0) is 66.4 Å². The average molecular weight is 468 g/mol. The number of hydrogen-bond acceptors (Lipinski definition) is 6. The lowest BCUT2D eigenvalue weighted by molar-refractivity contribution is -0.117. The number of hydrogen-bond donors (Lipinski definition) is 1. The third-order valence-corrected chi connectivity index (χ3v) is 5.93. The number of phenolic OH excluding ortho intramolecular Hbond substituents is 1. The van der Waals surface area contributed by atoms with Crippen LogP contribution in [0.3, 0.4) is 0 Å². The summed E-state index contributed by atoms with van der Waals surface area (Å²) in [5.74, 6) is 0.550. The molecule has 5 nitrogen and oxygen atoms in total. The number of para-hydroxylation sites is 1. The molecule has 0 bridgehead atoms. The van der Waals surface area contributed by atoms with Crippen molar-refractivity contribution in [1.82, 2.24) is 0 Å². The van der Waals surface area contributed by atoms with Gasteiger partial charge in [0.25, 0.3) is 5.91 Å². The van der Waals surface area contributed by atoms with Crippen LogP contribution >= 0.6 is 35.6 Å². The fourth-order valence-electron chi connectivity index (χ4n) is 2.91. The van der Waals surface area contributed by atoms with Crippen LogP contribution in [0.4, 0.5) is 5.69 Å². The van der Waals surface area contributed by atoms with Gasteiger partial charge < -0.3 is 9.84 Å². The minimum absolute atomic E-state index is 0.118. The van der Waals surface area contributed by atoms with Gasteiger partial charge in [0.2, 0.25) is 5.12 Å². The van der Waals surface area contributed by atoms with Crippen molar-refractivity contribution in [2.45, 2.75) is 0 Å². The Hall–Kier alpha value is -3.13. The molecule has 154 valence electrons. The first-order valence-electron chi connectivity index (χ1n) is 9.07. The quantitative estimate of drug-likeness (QED) is 0.296. The first-order valence-corrected chi connectivity index (χ1v) is 10.7. The number of phenols is 1. The van der Waals surface area contributed by atoms with Crippen molar-refractivity contribution in [2.24, 2.45) is 0 Å². The fraction of sp³-hybridized carbons (Fsp3) is 0. The molecule has 0 unspecified atom stereocenters. The second-order valence-electron chi connectivity index (χ2n) is 6.44. The molecule has 31 heavy (non-hydrogen) atoms. The maximum atomic E-state index is 13.1. The van der Waals surface area contributed by atoms with E-state index in [1.54, 1.807) is 36.4 Å². The van der Waals surface area contributed by atoms with Crippen molar-refractivity contribution < 1.29 is 19.4 Å². The highest BCUT2D eigenvalue weighted by Gasteiger charge is 2.36. The largest absolute Gasteiger partial charge is 0.507 e. The van der Waals surface area contributed by atoms with Gasteiger partial charge in [-0.15, -0.1) is 0 Å². The van der Waals surface area contributed by atoms with Crippen molar-refractivity contribution in [1.29, 1.82) is 0 Å². The molecule has 0 atom stereocenters. The van der Waals surface area contributed by atoms with Crippen LogP contribution in [0.15, 0.2) is 78.4 Å². The van der Waals surface area contributed by atoms with E-state index in [9.17, 15) is 14.7 Å². The average Bonchev–Trinajstić information content (AvgIpc) is 2.75. The number of nitrogens with zero attached hydrogens (tertiary/aromatic N) is 1. The maximum Gasteiger partial charge on any atom is 0.268 e. The zero-order chi connectivity index (χ0) is 22.0. The number of benzene rings is 3. The highest BCUT2D eigenvalue weighted by atomic mass is 35.5. The molecule has 8 heteroatoms. The summed E-state index contributed by atoms with van der Waals surface area (Å²) in [6.45, 7) is 0. The van der Waals surface area contributed by atoms with E-state index in [4.69, 9.17) is 28.6 Å². The van der Waals surface area contributed by atoms with Gasteiger partial charge in [-0.1, -0.05) is 48.1 Å². The molecule has 0 aliphatic carbocycles. The number of carbonyl (C=O) groups excluding carboxylic acids is 2. The number of ether oxygens (including phenoxy) is 1. The van der Waals surface area contributed by atoms with Crippen LogP contribution in [0, 0.1) is 0 Å². The topological polar surface area (TPSA) is 66.8 Å². The number of anilines is 1. The minimum Gasteiger partial charge on any atom is -0.507 e. The second-order valence-corrected chi connectivity index (χ2v) is 8.45. The number of aromatic hydroxyl groups is 1. The molecule has 0 aromatic heterocycles. The number of thioether (sulfide) groups is 1. The van der Waals surface area contributed by atoms with E-state index < -0.39 is 11.0 Å². The Morgan fingerprint density at radius 3 is 2.29 bits per heavy atom. The minimum atomic E-state index is -0.593. The van der Waals surface area contributed by atoms with Crippen molar-refractivity contribution in [3.63, 3.8) is 0 Å². The van der Waals surface area contributed by atoms with E-state index in [0.717, 1.165) is 11.8 Å². The summed E-state index contributed by atoms with van der Waals surface area (Å²) in [5.41, 5.74) is 0.553. The molecule has 1 aliphatic rings. The Kier molecular flexibility index (Phi) is 6.08.